The van der Waals surface area contributed by atoms with E-state index in [-0.39, 0.29) is 11.0 Å². The van der Waals surface area contributed by atoms with Gasteiger partial charge in [0.1, 0.15) is 0 Å². The van der Waals surface area contributed by atoms with Gasteiger partial charge >= 0.3 is 0 Å². The van der Waals surface area contributed by atoms with Crippen molar-refractivity contribution in [2.45, 2.75) is 13.1 Å². The molecule has 168 valence electrons. The molecule has 9 heteroatoms. The van der Waals surface area contributed by atoms with E-state index in [0.29, 0.717) is 32.6 Å². The molecule has 1 unspecified atom stereocenters. The molecule has 1 amide bonds. The molecule has 1 aliphatic rings. The summed E-state index contributed by atoms with van der Waals surface area (Å²) in [6.45, 7) is 1.98. The fourth-order valence-corrected chi connectivity index (χ4v) is 4.40. The summed E-state index contributed by atoms with van der Waals surface area (Å²) in [5.41, 5.74) is 4.48. The van der Waals surface area contributed by atoms with Gasteiger partial charge in [0.05, 0.1) is 11.4 Å². The van der Waals surface area contributed by atoms with Gasteiger partial charge in [-0.25, -0.2) is 4.99 Å². The number of anilines is 2. The van der Waals surface area contributed by atoms with Crippen LogP contribution in [0.3, 0.4) is 0 Å². The average Bonchev–Trinajstić information content (AvgIpc) is 2.87. The molecule has 0 bridgehead atoms. The number of amides is 1. The van der Waals surface area contributed by atoms with Crippen molar-refractivity contribution in [1.29, 1.82) is 0 Å². The number of hydrogen-bond donors (Lipinski definition) is 2. The molecule has 0 fully saturated rings. The van der Waals surface area contributed by atoms with Crippen molar-refractivity contribution < 1.29 is 4.79 Å². The van der Waals surface area contributed by atoms with Crippen LogP contribution >= 0.6 is 51.3 Å². The van der Waals surface area contributed by atoms with E-state index in [1.807, 2.05) is 43.3 Å². The van der Waals surface area contributed by atoms with Crippen molar-refractivity contribution in [3.63, 3.8) is 0 Å². The highest BCUT2D eigenvalue weighted by atomic mass is 79.9. The lowest BCUT2D eigenvalue weighted by Crippen LogP contribution is -2.47. The number of aliphatic imine (C=N–C) groups is 1. The monoisotopic (exact) mass is 560 g/mol. The molecule has 0 saturated carbocycles. The number of nitrogens with one attached hydrogen (secondary N) is 2. The van der Waals surface area contributed by atoms with Gasteiger partial charge in [-0.1, -0.05) is 57.3 Å². The molecule has 33 heavy (non-hydrogen) atoms. The highest BCUT2D eigenvalue weighted by Gasteiger charge is 2.31. The van der Waals surface area contributed by atoms with Crippen molar-refractivity contribution in [2.24, 2.45) is 4.99 Å². The summed E-state index contributed by atoms with van der Waals surface area (Å²) in [5, 5.41) is 7.49. The number of hydrogen-bond acceptors (Lipinski definition) is 3. The SMILES string of the molecule is Cc1cc(NC(=S)NC2N=C(c3ccccc3Cl)c3cc(Cl)ccc3N(C)C2=O)ccc1Br. The minimum absolute atomic E-state index is 0.267. The van der Waals surface area contributed by atoms with Crippen LogP contribution in [0.15, 0.2) is 70.1 Å². The largest absolute Gasteiger partial charge is 0.333 e. The van der Waals surface area contributed by atoms with E-state index in [4.69, 9.17) is 40.4 Å². The minimum atomic E-state index is -0.969. The summed E-state index contributed by atoms with van der Waals surface area (Å²) in [4.78, 5) is 19.7. The fourth-order valence-electron chi connectivity index (χ4n) is 3.52. The number of carbonyl (C=O) groups is 1. The predicted molar refractivity (Wildman–Crippen MR) is 144 cm³/mol. The normalized spacial score (nSPS) is 15.4. The van der Waals surface area contributed by atoms with Crippen molar-refractivity contribution in [1.82, 2.24) is 5.32 Å². The van der Waals surface area contributed by atoms with Crippen LogP contribution in [0, 0.1) is 6.92 Å². The second-order valence-electron chi connectivity index (χ2n) is 7.48. The van der Waals surface area contributed by atoms with Gasteiger partial charge in [0.15, 0.2) is 5.11 Å². The smallest absolute Gasteiger partial charge is 0.272 e. The lowest BCUT2D eigenvalue weighted by molar-refractivity contribution is -0.119. The topological polar surface area (TPSA) is 56.7 Å². The maximum absolute atomic E-state index is 13.3. The number of benzodiazepines with no additional fused rings is 1. The quantitative estimate of drug-likeness (QED) is 0.374. The van der Waals surface area contributed by atoms with Gasteiger partial charge < -0.3 is 15.5 Å². The molecule has 1 atom stereocenters. The third-order valence-corrected chi connectivity index (χ3v) is 6.88. The molecule has 0 aliphatic carbocycles. The molecule has 0 aromatic heterocycles. The Labute approximate surface area is 215 Å². The Morgan fingerprint density at radius 3 is 2.58 bits per heavy atom. The molecular formula is C24H19BrCl2N4OS. The number of likely N-dealkylation sites (N-methyl/N-ethyl adjacent to an activating group) is 1. The molecule has 3 aromatic rings. The third-order valence-electron chi connectivity index (χ3n) is 5.21. The van der Waals surface area contributed by atoms with E-state index >= 15 is 0 Å². The third kappa shape index (κ3) is 5.06. The first-order chi connectivity index (χ1) is 15.7. The van der Waals surface area contributed by atoms with Crippen LogP contribution in [0.25, 0.3) is 0 Å². The Hall–Kier alpha value is -2.45. The van der Waals surface area contributed by atoms with E-state index < -0.39 is 6.17 Å². The molecule has 2 N–H and O–H groups in total. The molecular weight excluding hydrogens is 543 g/mol. The van der Waals surface area contributed by atoms with Crippen molar-refractivity contribution >= 4 is 79.5 Å². The summed E-state index contributed by atoms with van der Waals surface area (Å²) < 4.78 is 0.998. The van der Waals surface area contributed by atoms with Crippen LogP contribution in [0.1, 0.15) is 16.7 Å². The Kier molecular flexibility index (Phi) is 7.05. The molecule has 3 aromatic carbocycles. The van der Waals surface area contributed by atoms with Crippen molar-refractivity contribution in [2.75, 3.05) is 17.3 Å². The van der Waals surface area contributed by atoms with E-state index in [9.17, 15) is 4.79 Å². The molecule has 4 rings (SSSR count). The fraction of sp³-hybridized carbons (Fsp3) is 0.125. The van der Waals surface area contributed by atoms with Gasteiger partial charge in [-0.15, -0.1) is 0 Å². The highest BCUT2D eigenvalue weighted by Crippen LogP contribution is 2.32. The van der Waals surface area contributed by atoms with Crippen LogP contribution in [-0.2, 0) is 4.79 Å². The van der Waals surface area contributed by atoms with E-state index in [0.717, 1.165) is 15.7 Å². The van der Waals surface area contributed by atoms with E-state index in [1.165, 1.54) is 0 Å². The van der Waals surface area contributed by atoms with Crippen LogP contribution in [0.5, 0.6) is 0 Å². The van der Waals surface area contributed by atoms with Crippen molar-refractivity contribution in [3.8, 4) is 0 Å². The predicted octanol–water partition coefficient (Wildman–Crippen LogP) is 6.19. The molecule has 0 radical (unpaired) electrons. The number of halogens is 3. The molecule has 1 aliphatic heterocycles. The van der Waals surface area contributed by atoms with Gasteiger partial charge in [-0.2, -0.15) is 0 Å². The van der Waals surface area contributed by atoms with Crippen LogP contribution < -0.4 is 15.5 Å². The average molecular weight is 562 g/mol. The number of fused-ring (bicyclic) bond motifs is 1. The Bertz CT molecular complexity index is 1300. The lowest BCUT2D eigenvalue weighted by Gasteiger charge is -2.22. The standard InChI is InChI=1S/C24H19BrCl2N4OS/c1-13-11-15(8-9-18(13)25)28-24(33)30-22-23(32)31(2)20-10-7-14(26)12-17(20)21(29-22)16-5-3-4-6-19(16)27/h3-12,22H,1-2H3,(H2,28,30,33). The Balaban J connectivity index is 1.73. The maximum Gasteiger partial charge on any atom is 0.272 e. The van der Waals surface area contributed by atoms with Gasteiger partial charge in [0, 0.05) is 38.4 Å². The number of nitrogens with zero attached hydrogens (tertiary/aromatic N) is 2. The number of aryl methyl sites for hydroxylation is 1. The summed E-state index contributed by atoms with van der Waals surface area (Å²) >= 11 is 21.8. The molecule has 0 spiro atoms. The number of rotatable bonds is 3. The summed E-state index contributed by atoms with van der Waals surface area (Å²) in [6.07, 6.45) is -0.969. The second kappa shape index (κ2) is 9.81. The zero-order valence-electron chi connectivity index (χ0n) is 17.7. The zero-order valence-corrected chi connectivity index (χ0v) is 21.6. The Morgan fingerprint density at radius 1 is 1.09 bits per heavy atom. The lowest BCUT2D eigenvalue weighted by atomic mass is 10.00. The maximum atomic E-state index is 13.3. The first-order valence-electron chi connectivity index (χ1n) is 9.98. The molecule has 5 nitrogen and oxygen atoms in total. The molecule has 1 heterocycles. The minimum Gasteiger partial charge on any atom is -0.333 e. The van der Waals surface area contributed by atoms with Gasteiger partial charge in [0.2, 0.25) is 6.17 Å². The van der Waals surface area contributed by atoms with Crippen molar-refractivity contribution in [3.05, 3.63) is 91.9 Å². The molecule has 0 saturated heterocycles. The number of carbonyl (C=O) groups excluding carboxylic acids is 1. The summed E-state index contributed by atoms with van der Waals surface area (Å²) in [6, 6.07) is 18.5. The van der Waals surface area contributed by atoms with Crippen LogP contribution in [-0.4, -0.2) is 29.9 Å². The van der Waals surface area contributed by atoms with E-state index in [1.54, 1.807) is 36.2 Å². The first kappa shape index (κ1) is 23.7. The summed E-state index contributed by atoms with van der Waals surface area (Å²) in [7, 11) is 1.70. The zero-order chi connectivity index (χ0) is 23.7. The van der Waals surface area contributed by atoms with Gasteiger partial charge in [-0.3, -0.25) is 4.79 Å². The summed E-state index contributed by atoms with van der Waals surface area (Å²) in [5.74, 6) is -0.267. The Morgan fingerprint density at radius 2 is 1.85 bits per heavy atom. The number of benzene rings is 3. The van der Waals surface area contributed by atoms with E-state index in [2.05, 4.69) is 26.6 Å². The second-order valence-corrected chi connectivity index (χ2v) is 9.59. The van der Waals surface area contributed by atoms with Crippen LogP contribution in [0.2, 0.25) is 10.0 Å². The number of thiocarbonyl (C=S) groups is 1. The van der Waals surface area contributed by atoms with Gasteiger partial charge in [0.25, 0.3) is 5.91 Å². The first-order valence-corrected chi connectivity index (χ1v) is 11.9. The van der Waals surface area contributed by atoms with Gasteiger partial charge in [-0.05, 0) is 67.2 Å². The highest BCUT2D eigenvalue weighted by molar-refractivity contribution is 9.10. The van der Waals surface area contributed by atoms with Crippen LogP contribution in [0.4, 0.5) is 11.4 Å².